The van der Waals surface area contributed by atoms with Gasteiger partial charge in [0, 0.05) is 64.7 Å². The molecular weight excluding hydrogens is 1570 g/mol. The molecule has 0 saturated heterocycles. The second kappa shape index (κ2) is 31.8. The van der Waals surface area contributed by atoms with Crippen molar-refractivity contribution in [3.63, 3.8) is 0 Å². The van der Waals surface area contributed by atoms with E-state index in [-0.39, 0.29) is 44.5 Å². The van der Waals surface area contributed by atoms with Crippen molar-refractivity contribution in [1.82, 2.24) is 19.1 Å². The molecule has 6 aromatic heterocycles. The van der Waals surface area contributed by atoms with Crippen molar-refractivity contribution in [2.45, 2.75) is 167 Å². The number of aryl methyl sites for hydroxylation is 4. The summed E-state index contributed by atoms with van der Waals surface area (Å²) in [4.78, 5) is 38.2. The highest BCUT2D eigenvalue weighted by Gasteiger charge is 2.54. The molecular formula is C98H76F4N8O3S5. The van der Waals surface area contributed by atoms with Crippen molar-refractivity contribution < 1.29 is 31.8 Å². The molecule has 0 unspecified atom stereocenters. The van der Waals surface area contributed by atoms with Crippen LogP contribution in [0, 0.1) is 63.8 Å². The van der Waals surface area contributed by atoms with Gasteiger partial charge in [-0.3, -0.25) is 9.59 Å². The highest BCUT2D eigenvalue weighted by molar-refractivity contribution is 7.29. The molecule has 11 nitrogen and oxygen atoms in total. The van der Waals surface area contributed by atoms with Crippen molar-refractivity contribution in [2.75, 3.05) is 0 Å². The van der Waals surface area contributed by atoms with E-state index in [1.165, 1.54) is 44.9 Å². The summed E-state index contributed by atoms with van der Waals surface area (Å²) in [6, 6.07) is 49.6. The van der Waals surface area contributed by atoms with E-state index < -0.39 is 56.9 Å². The van der Waals surface area contributed by atoms with E-state index in [1.807, 2.05) is 18.2 Å². The lowest BCUT2D eigenvalue weighted by molar-refractivity contribution is 0.103. The van der Waals surface area contributed by atoms with E-state index in [0.29, 0.717) is 31.8 Å². The number of ketones is 2. The SMILES string of the molecule is [C-]#[N+]/C(C#N)=C1/C(=C/c2cc3c(s2)-c2sc4c5nonc5c5c6c7c(sc6c6nsnc6c5c4c2C3(c2ccc(CCCCCC)cc2)c2ccc(CCCCCC)cc2)-c2sc(/C=C3\C(=O)c4cc(F)c(F)cc4C3=C(C#N)C#N)cc2C7(c2ccc(CCCCCC)cc2)c2ccc(CCCCCC)cc2)C(=O)c2cc(F)c(F)cc21. The Hall–Kier alpha value is -11.5. The maximum atomic E-state index is 15.4. The molecule has 4 aliphatic rings. The van der Waals surface area contributed by atoms with Crippen LogP contribution < -0.4 is 0 Å². The van der Waals surface area contributed by atoms with Crippen LogP contribution in [0.2, 0.25) is 0 Å². The molecule has 0 aliphatic heterocycles. The minimum absolute atomic E-state index is 0.0291. The zero-order chi connectivity index (χ0) is 81.4. The van der Waals surface area contributed by atoms with Crippen LogP contribution >= 0.6 is 57.1 Å². The van der Waals surface area contributed by atoms with Gasteiger partial charge in [-0.15, -0.1) is 45.3 Å². The lowest BCUT2D eigenvalue weighted by Crippen LogP contribution is -2.28. The third kappa shape index (κ3) is 12.4. The van der Waals surface area contributed by atoms with Gasteiger partial charge in [-0.05, 0) is 188 Å². The van der Waals surface area contributed by atoms with Gasteiger partial charge in [-0.1, -0.05) is 202 Å². The molecule has 14 aromatic rings. The summed E-state index contributed by atoms with van der Waals surface area (Å²) in [6.07, 6.45) is 24.2. The third-order valence-corrected chi connectivity index (χ3v) is 29.8. The number of hydrogen-bond donors (Lipinski definition) is 0. The zero-order valence-electron chi connectivity index (χ0n) is 65.4. The number of carbonyl (C=O) groups is 2. The van der Waals surface area contributed by atoms with Crippen LogP contribution in [0.3, 0.4) is 0 Å². The first-order chi connectivity index (χ1) is 57.7. The van der Waals surface area contributed by atoms with Crippen LogP contribution in [0.25, 0.3) is 101 Å². The molecule has 0 saturated carbocycles. The van der Waals surface area contributed by atoms with Gasteiger partial charge in [0.05, 0.1) is 64.1 Å². The molecule has 0 fully saturated rings. The highest BCUT2D eigenvalue weighted by atomic mass is 32.1. The fourth-order valence-corrected chi connectivity index (χ4v) is 24.8. The van der Waals surface area contributed by atoms with Crippen molar-refractivity contribution in [1.29, 1.82) is 15.8 Å². The standard InChI is InChI=1S/C98H76F4N8O3S5/c1-6-10-14-18-22-53-26-34-58(35-27-53)97(59-36-28-54(29-37-59)23-19-15-11-7-2)70-44-62(42-68-77(57(50-103)51-104)64-46-72(99)74(101)48-66(64)89(68)111)114-92(70)96-83(97)81-79-80(86-88(94(81)117-96)110-118-109-86)82-84-95(116-93(82)87-85(79)107-113-108-87)91-71(45-63(115-91)43-69-78(76(52-105)106-5)65-47-73(100)75(102)49-67(65)90(69)112)98(84,60-38-30-55(31-39-60)24-20-16-12-8-3)61-40-32-56(33-41-61)25-21-17-13-9-4/h26-49H,6-25H2,1-4H3/b68-42-,69-43-,78-76+. The Bertz CT molecular complexity index is 6280. The Morgan fingerprint density at radius 1 is 0.432 bits per heavy atom. The van der Waals surface area contributed by atoms with Crippen LogP contribution in [-0.2, 0) is 36.5 Å². The molecule has 0 atom stereocenters. The smallest absolute Gasteiger partial charge is 0.270 e. The van der Waals surface area contributed by atoms with Crippen LogP contribution in [-0.4, -0.2) is 30.6 Å². The van der Waals surface area contributed by atoms with Crippen molar-refractivity contribution in [3.8, 4) is 37.7 Å². The summed E-state index contributed by atoms with van der Waals surface area (Å²) in [5.41, 5.74) is 10.9. The summed E-state index contributed by atoms with van der Waals surface area (Å²) in [5.74, 6) is -6.19. The third-order valence-electron chi connectivity index (χ3n) is 24.4. The minimum Gasteiger partial charge on any atom is -0.289 e. The Labute approximate surface area is 700 Å². The number of halogens is 4. The van der Waals surface area contributed by atoms with E-state index in [4.69, 9.17) is 30.3 Å². The lowest BCUT2D eigenvalue weighted by Gasteiger charge is -2.34. The van der Waals surface area contributed by atoms with Crippen molar-refractivity contribution in [3.05, 3.63) is 289 Å². The number of benzene rings is 8. The van der Waals surface area contributed by atoms with Gasteiger partial charge in [-0.25, -0.2) is 32.3 Å². The van der Waals surface area contributed by atoms with Crippen LogP contribution in [0.4, 0.5) is 17.6 Å². The number of unbranched alkanes of at least 4 members (excludes halogenated alkanes) is 12. The first kappa shape index (κ1) is 77.8. The topological polar surface area (TPSA) is 175 Å². The van der Waals surface area contributed by atoms with E-state index in [1.54, 1.807) is 34.8 Å². The van der Waals surface area contributed by atoms with Gasteiger partial charge in [0.2, 0.25) is 0 Å². The van der Waals surface area contributed by atoms with Gasteiger partial charge in [0.1, 0.15) is 34.3 Å². The molecule has 20 heteroatoms. The van der Waals surface area contributed by atoms with Gasteiger partial charge < -0.3 is 0 Å². The average molecular weight is 1650 g/mol. The molecule has 8 aromatic carbocycles. The molecule has 0 N–H and O–H groups in total. The maximum absolute atomic E-state index is 15.4. The number of thiophene rings is 4. The van der Waals surface area contributed by atoms with Gasteiger partial charge in [0.25, 0.3) is 5.70 Å². The summed E-state index contributed by atoms with van der Waals surface area (Å²) in [5, 5.41) is 45.0. The predicted octanol–water partition coefficient (Wildman–Crippen LogP) is 27.2. The fourth-order valence-electron chi connectivity index (χ4n) is 18.9. The quantitative estimate of drug-likeness (QED) is 0.0167. The molecule has 18 rings (SSSR count). The summed E-state index contributed by atoms with van der Waals surface area (Å²) < 4.78 is 80.0. The van der Waals surface area contributed by atoms with Gasteiger partial charge in [-0.2, -0.15) is 19.3 Å². The molecule has 4 aliphatic carbocycles. The Kier molecular flexibility index (Phi) is 20.9. The first-order valence-electron chi connectivity index (χ1n) is 40.7. The average Bonchev–Trinajstić information content (AvgIpc) is 1.48. The molecule has 0 spiro atoms. The minimum atomic E-state index is -1.23. The fraction of sp³-hybridized carbons (Fsp3) is 0.265. The van der Waals surface area contributed by atoms with Crippen molar-refractivity contribution >= 4 is 145 Å². The maximum Gasteiger partial charge on any atom is 0.270 e. The van der Waals surface area contributed by atoms with E-state index in [2.05, 4.69) is 142 Å². The normalized spacial score (nSPS) is 15.2. The molecule has 0 amide bonds. The van der Waals surface area contributed by atoms with Gasteiger partial charge >= 0.3 is 0 Å². The number of hydrogen-bond acceptors (Lipinski definition) is 15. The molecule has 584 valence electrons. The van der Waals surface area contributed by atoms with Gasteiger partial charge in [0.15, 0.2) is 40.4 Å². The second-order valence-electron chi connectivity index (χ2n) is 31.3. The number of nitriles is 3. The van der Waals surface area contributed by atoms with E-state index in [0.717, 1.165) is 259 Å². The Morgan fingerprint density at radius 2 is 0.797 bits per heavy atom. The summed E-state index contributed by atoms with van der Waals surface area (Å²) in [6.45, 7) is 17.0. The summed E-state index contributed by atoms with van der Waals surface area (Å²) >= 11 is 7.20. The largest absolute Gasteiger partial charge is 0.289 e. The Morgan fingerprint density at radius 3 is 1.19 bits per heavy atom. The molecule has 0 radical (unpaired) electrons. The zero-order valence-corrected chi connectivity index (χ0v) is 69.4. The molecule has 0 bridgehead atoms. The predicted molar refractivity (Wildman–Crippen MR) is 467 cm³/mol. The molecule has 6 heterocycles. The number of nitrogens with zero attached hydrogens (tertiary/aromatic N) is 8. The number of fused-ring (bicyclic) bond motifs is 21. The van der Waals surface area contributed by atoms with Crippen LogP contribution in [0.5, 0.6) is 0 Å². The number of carbonyl (C=O) groups excluding carboxylic acids is 2. The number of Topliss-reactive ketones (excluding diaryl/α,β-unsaturated/α-hetero) is 2. The first-order valence-corrected chi connectivity index (χ1v) is 44.7. The van der Waals surface area contributed by atoms with Crippen LogP contribution in [0.1, 0.15) is 239 Å². The summed E-state index contributed by atoms with van der Waals surface area (Å²) in [7, 11) is 0. The number of allylic oxidation sites excluding steroid dienone is 6. The van der Waals surface area contributed by atoms with E-state index in [9.17, 15) is 25.4 Å². The Balaban J connectivity index is 0.959. The lowest BCUT2D eigenvalue weighted by atomic mass is 9.66. The van der Waals surface area contributed by atoms with E-state index >= 15 is 17.6 Å². The number of rotatable bonds is 26. The number of aromatic nitrogens is 4. The van der Waals surface area contributed by atoms with Crippen LogP contribution in [0.15, 0.2) is 161 Å². The monoisotopic (exact) mass is 1650 g/mol. The van der Waals surface area contributed by atoms with Crippen molar-refractivity contribution in [2.24, 2.45) is 0 Å². The molecule has 118 heavy (non-hydrogen) atoms. The highest BCUT2D eigenvalue weighted by Crippen LogP contribution is 2.69. The second-order valence-corrected chi connectivity index (χ2v) is 36.1.